The molecule has 0 spiro atoms. The van der Waals surface area contributed by atoms with E-state index in [1.165, 1.54) is 14.0 Å². The van der Waals surface area contributed by atoms with E-state index in [-0.39, 0.29) is 5.91 Å². The number of ether oxygens (including phenoxy) is 1. The summed E-state index contributed by atoms with van der Waals surface area (Å²) in [6.07, 6.45) is 0.577. The molecule has 1 amide bonds. The van der Waals surface area contributed by atoms with Crippen molar-refractivity contribution in [3.63, 3.8) is 0 Å². The highest BCUT2D eigenvalue weighted by Gasteiger charge is 2.01. The third-order valence-electron chi connectivity index (χ3n) is 2.18. The zero-order valence-electron chi connectivity index (χ0n) is 10.4. The van der Waals surface area contributed by atoms with Gasteiger partial charge >= 0.3 is 0 Å². The van der Waals surface area contributed by atoms with Crippen molar-refractivity contribution in [2.24, 2.45) is 0 Å². The molecule has 0 fully saturated rings. The third kappa shape index (κ3) is 4.19. The number of nitrogens with one attached hydrogen (secondary N) is 1. The van der Waals surface area contributed by atoms with Crippen LogP contribution in [0.2, 0.25) is 0 Å². The van der Waals surface area contributed by atoms with Crippen molar-refractivity contribution in [3.8, 4) is 23.7 Å². The number of carbonyl (C=O) groups is 1. The Hall–Kier alpha value is -2.46. The van der Waals surface area contributed by atoms with Crippen LogP contribution in [0.5, 0.6) is 5.75 Å². The van der Waals surface area contributed by atoms with E-state index in [9.17, 15) is 4.79 Å². The SMILES string of the molecule is COc1ccc(C#CCCNC(C)=O)cc1C#N. The van der Waals surface area contributed by atoms with E-state index >= 15 is 0 Å². The van der Waals surface area contributed by atoms with Crippen LogP contribution >= 0.6 is 0 Å². The maximum absolute atomic E-state index is 10.6. The predicted molar refractivity (Wildman–Crippen MR) is 67.9 cm³/mol. The number of hydrogen-bond donors (Lipinski definition) is 1. The Bertz CT molecular complexity index is 533. The first kappa shape index (κ1) is 13.6. The van der Waals surface area contributed by atoms with E-state index in [0.717, 1.165) is 5.56 Å². The first-order valence-electron chi connectivity index (χ1n) is 5.49. The van der Waals surface area contributed by atoms with Crippen LogP contribution in [0.1, 0.15) is 24.5 Å². The topological polar surface area (TPSA) is 62.1 Å². The summed E-state index contributed by atoms with van der Waals surface area (Å²) < 4.78 is 5.04. The minimum Gasteiger partial charge on any atom is -0.495 e. The smallest absolute Gasteiger partial charge is 0.216 e. The summed E-state index contributed by atoms with van der Waals surface area (Å²) in [5, 5.41) is 11.6. The van der Waals surface area contributed by atoms with Gasteiger partial charge in [0, 0.05) is 25.5 Å². The molecule has 0 saturated heterocycles. The second-order valence-corrected chi connectivity index (χ2v) is 3.56. The molecule has 0 unspecified atom stereocenters. The van der Waals surface area contributed by atoms with E-state index in [2.05, 4.69) is 23.2 Å². The van der Waals surface area contributed by atoms with Gasteiger partial charge in [0.2, 0.25) is 5.91 Å². The van der Waals surface area contributed by atoms with Gasteiger partial charge in [-0.2, -0.15) is 5.26 Å². The molecule has 1 rings (SSSR count). The highest BCUT2D eigenvalue weighted by molar-refractivity contribution is 5.72. The number of nitrogens with zero attached hydrogens (tertiary/aromatic N) is 1. The summed E-state index contributed by atoms with van der Waals surface area (Å²) in [5.74, 6) is 6.35. The Kier molecular flexibility index (Phi) is 5.28. The minimum atomic E-state index is -0.0620. The third-order valence-corrected chi connectivity index (χ3v) is 2.18. The Morgan fingerprint density at radius 3 is 2.89 bits per heavy atom. The van der Waals surface area contributed by atoms with Crippen LogP contribution in [-0.4, -0.2) is 19.6 Å². The minimum absolute atomic E-state index is 0.0620. The van der Waals surface area contributed by atoms with Gasteiger partial charge < -0.3 is 10.1 Å². The quantitative estimate of drug-likeness (QED) is 0.644. The molecule has 0 aliphatic heterocycles. The molecule has 1 aromatic rings. The number of benzene rings is 1. The molecule has 18 heavy (non-hydrogen) atoms. The fourth-order valence-corrected chi connectivity index (χ4v) is 1.34. The normalized spacial score (nSPS) is 8.72. The number of rotatable bonds is 3. The molecule has 0 aliphatic carbocycles. The zero-order valence-corrected chi connectivity index (χ0v) is 10.4. The molecule has 1 N–H and O–H groups in total. The van der Waals surface area contributed by atoms with Gasteiger partial charge in [-0.05, 0) is 18.2 Å². The van der Waals surface area contributed by atoms with E-state index in [1.54, 1.807) is 18.2 Å². The lowest BCUT2D eigenvalue weighted by Crippen LogP contribution is -2.20. The van der Waals surface area contributed by atoms with Crippen molar-refractivity contribution in [2.45, 2.75) is 13.3 Å². The highest BCUT2D eigenvalue weighted by atomic mass is 16.5. The molecule has 0 aromatic heterocycles. The molecular weight excluding hydrogens is 228 g/mol. The number of methoxy groups -OCH3 is 1. The first-order chi connectivity index (χ1) is 8.67. The van der Waals surface area contributed by atoms with Gasteiger partial charge in [0.25, 0.3) is 0 Å². The number of hydrogen-bond acceptors (Lipinski definition) is 3. The van der Waals surface area contributed by atoms with Crippen LogP contribution in [0.3, 0.4) is 0 Å². The number of amides is 1. The molecule has 0 radical (unpaired) electrons. The van der Waals surface area contributed by atoms with Gasteiger partial charge in [0.05, 0.1) is 12.7 Å². The molecular formula is C14H14N2O2. The van der Waals surface area contributed by atoms with Gasteiger partial charge in [0.15, 0.2) is 0 Å². The molecule has 0 atom stereocenters. The van der Waals surface area contributed by atoms with Crippen LogP contribution in [0.4, 0.5) is 0 Å². The molecule has 0 bridgehead atoms. The highest BCUT2D eigenvalue weighted by Crippen LogP contribution is 2.18. The second kappa shape index (κ2) is 6.98. The van der Waals surface area contributed by atoms with Crippen molar-refractivity contribution >= 4 is 5.91 Å². The van der Waals surface area contributed by atoms with Gasteiger partial charge in [-0.15, -0.1) is 0 Å². The van der Waals surface area contributed by atoms with Crippen LogP contribution in [0, 0.1) is 23.2 Å². The van der Waals surface area contributed by atoms with Crippen molar-refractivity contribution in [1.82, 2.24) is 5.32 Å². The van der Waals surface area contributed by atoms with E-state index in [1.807, 2.05) is 0 Å². The molecule has 1 aromatic carbocycles. The molecule has 0 heterocycles. The molecule has 0 saturated carbocycles. The van der Waals surface area contributed by atoms with Crippen molar-refractivity contribution in [2.75, 3.05) is 13.7 Å². The fraction of sp³-hybridized carbons (Fsp3) is 0.286. The van der Waals surface area contributed by atoms with Crippen molar-refractivity contribution < 1.29 is 9.53 Å². The maximum atomic E-state index is 10.6. The summed E-state index contributed by atoms with van der Waals surface area (Å²) in [6, 6.07) is 7.25. The summed E-state index contributed by atoms with van der Waals surface area (Å²) in [5.41, 5.74) is 1.22. The largest absolute Gasteiger partial charge is 0.495 e. The van der Waals surface area contributed by atoms with Crippen molar-refractivity contribution in [1.29, 1.82) is 5.26 Å². The maximum Gasteiger partial charge on any atom is 0.216 e. The average Bonchev–Trinajstić information content (AvgIpc) is 2.37. The Morgan fingerprint density at radius 1 is 1.50 bits per heavy atom. The van der Waals surface area contributed by atoms with Gasteiger partial charge in [-0.25, -0.2) is 0 Å². The summed E-state index contributed by atoms with van der Waals surface area (Å²) >= 11 is 0. The second-order valence-electron chi connectivity index (χ2n) is 3.56. The lowest BCUT2D eigenvalue weighted by Gasteiger charge is -2.01. The van der Waals surface area contributed by atoms with E-state index < -0.39 is 0 Å². The molecule has 0 aliphatic rings. The summed E-state index contributed by atoms with van der Waals surface area (Å²) in [4.78, 5) is 10.6. The monoisotopic (exact) mass is 242 g/mol. The first-order valence-corrected chi connectivity index (χ1v) is 5.49. The Labute approximate surface area is 107 Å². The lowest BCUT2D eigenvalue weighted by molar-refractivity contribution is -0.118. The van der Waals surface area contributed by atoms with Gasteiger partial charge in [-0.3, -0.25) is 4.79 Å². The Balaban J connectivity index is 2.66. The van der Waals surface area contributed by atoms with Crippen LogP contribution in [-0.2, 0) is 4.79 Å². The van der Waals surface area contributed by atoms with Crippen LogP contribution < -0.4 is 10.1 Å². The van der Waals surface area contributed by atoms with E-state index in [0.29, 0.717) is 24.3 Å². The van der Waals surface area contributed by atoms with E-state index in [4.69, 9.17) is 10.00 Å². The van der Waals surface area contributed by atoms with Crippen molar-refractivity contribution in [3.05, 3.63) is 29.3 Å². The lowest BCUT2D eigenvalue weighted by atomic mass is 10.1. The standard InChI is InChI=1S/C14H14N2O2/c1-11(17)16-8-4-3-5-12-6-7-14(18-2)13(9-12)10-15/h6-7,9H,4,8H2,1-2H3,(H,16,17). The number of nitriles is 1. The predicted octanol–water partition coefficient (Wildman–Crippen LogP) is 1.44. The molecule has 4 heteroatoms. The zero-order chi connectivity index (χ0) is 13.4. The molecule has 4 nitrogen and oxygen atoms in total. The summed E-state index contributed by atoms with van der Waals surface area (Å²) in [7, 11) is 1.52. The summed E-state index contributed by atoms with van der Waals surface area (Å²) in [6.45, 7) is 2.00. The fourth-order valence-electron chi connectivity index (χ4n) is 1.34. The number of carbonyl (C=O) groups excluding carboxylic acids is 1. The van der Waals surface area contributed by atoms with Crippen LogP contribution in [0.25, 0.3) is 0 Å². The average molecular weight is 242 g/mol. The van der Waals surface area contributed by atoms with Gasteiger partial charge in [-0.1, -0.05) is 11.8 Å². The molecule has 92 valence electrons. The van der Waals surface area contributed by atoms with Gasteiger partial charge in [0.1, 0.15) is 11.8 Å². The van der Waals surface area contributed by atoms with Crippen LogP contribution in [0.15, 0.2) is 18.2 Å². The Morgan fingerprint density at radius 2 is 2.28 bits per heavy atom.